The van der Waals surface area contributed by atoms with Crippen LogP contribution in [0.1, 0.15) is 18.0 Å². The number of aromatic nitrogens is 1. The van der Waals surface area contributed by atoms with Crippen molar-refractivity contribution in [1.82, 2.24) is 9.99 Å². The van der Waals surface area contributed by atoms with Crippen molar-refractivity contribution in [3.05, 3.63) is 30.2 Å². The summed E-state index contributed by atoms with van der Waals surface area (Å²) in [4.78, 5) is 15.4. The van der Waals surface area contributed by atoms with Crippen molar-refractivity contribution in [3.8, 4) is 0 Å². The second kappa shape index (κ2) is 4.52. The Balaban J connectivity index is 2.18. The summed E-state index contributed by atoms with van der Waals surface area (Å²) in [5.74, 6) is 5.12. The topological polar surface area (TPSA) is 98.4 Å². The molecule has 0 aliphatic heterocycles. The van der Waals surface area contributed by atoms with Crippen molar-refractivity contribution >= 4 is 17.0 Å². The van der Waals surface area contributed by atoms with Crippen molar-refractivity contribution in [1.29, 1.82) is 0 Å². The first-order chi connectivity index (χ1) is 8.08. The SMILES string of the molecule is CN(N)C(=O)CC(N)c1ccc2ncoc2c1. The third-order valence-corrected chi connectivity index (χ3v) is 2.57. The molecule has 2 aromatic rings. The summed E-state index contributed by atoms with van der Waals surface area (Å²) in [6.45, 7) is 0. The van der Waals surface area contributed by atoms with Crippen LogP contribution in [-0.4, -0.2) is 22.9 Å². The van der Waals surface area contributed by atoms with Crippen molar-refractivity contribution in [2.24, 2.45) is 11.6 Å². The average molecular weight is 234 g/mol. The zero-order valence-corrected chi connectivity index (χ0v) is 9.46. The maximum atomic E-state index is 11.4. The predicted molar refractivity (Wildman–Crippen MR) is 62.5 cm³/mol. The van der Waals surface area contributed by atoms with Gasteiger partial charge in [0.15, 0.2) is 12.0 Å². The maximum Gasteiger partial charge on any atom is 0.238 e. The molecular weight excluding hydrogens is 220 g/mol. The Labute approximate surface area is 98.2 Å². The minimum absolute atomic E-state index is 0.159. The fraction of sp³-hybridized carbons (Fsp3) is 0.273. The molecular formula is C11H14N4O2. The molecule has 0 aliphatic rings. The number of rotatable bonds is 3. The van der Waals surface area contributed by atoms with Crippen LogP contribution in [0.4, 0.5) is 0 Å². The minimum atomic E-state index is -0.400. The van der Waals surface area contributed by atoms with E-state index in [9.17, 15) is 4.79 Å². The number of hydrazine groups is 1. The largest absolute Gasteiger partial charge is 0.443 e. The number of oxazole rings is 1. The minimum Gasteiger partial charge on any atom is -0.443 e. The van der Waals surface area contributed by atoms with Gasteiger partial charge in [0.1, 0.15) is 5.52 Å². The average Bonchev–Trinajstić information content (AvgIpc) is 2.75. The first-order valence-electron chi connectivity index (χ1n) is 5.18. The zero-order chi connectivity index (χ0) is 12.4. The van der Waals surface area contributed by atoms with Gasteiger partial charge in [0.05, 0.1) is 0 Å². The fourth-order valence-corrected chi connectivity index (χ4v) is 1.55. The predicted octanol–water partition coefficient (Wildman–Crippen LogP) is 0.550. The molecule has 6 nitrogen and oxygen atoms in total. The molecule has 0 aliphatic carbocycles. The molecule has 17 heavy (non-hydrogen) atoms. The molecule has 1 aromatic heterocycles. The lowest BCUT2D eigenvalue weighted by Gasteiger charge is -2.14. The normalized spacial score (nSPS) is 12.6. The van der Waals surface area contributed by atoms with Gasteiger partial charge >= 0.3 is 0 Å². The Hall–Kier alpha value is -1.92. The standard InChI is InChI=1S/C11H14N4O2/c1-15(13)11(16)5-8(12)7-2-3-9-10(4-7)17-6-14-9/h2-4,6,8H,5,12-13H2,1H3. The third-order valence-electron chi connectivity index (χ3n) is 2.57. The number of hydrogen-bond donors (Lipinski definition) is 2. The summed E-state index contributed by atoms with van der Waals surface area (Å²) in [5, 5.41) is 1.03. The van der Waals surface area contributed by atoms with E-state index in [1.54, 1.807) is 6.07 Å². The molecule has 1 unspecified atom stereocenters. The highest BCUT2D eigenvalue weighted by atomic mass is 16.3. The molecule has 0 fully saturated rings. The summed E-state index contributed by atoms with van der Waals surface area (Å²) in [6, 6.07) is 5.03. The molecule has 1 amide bonds. The van der Waals surface area contributed by atoms with Gasteiger partial charge in [-0.2, -0.15) is 0 Å². The van der Waals surface area contributed by atoms with Crippen LogP contribution < -0.4 is 11.6 Å². The van der Waals surface area contributed by atoms with Crippen molar-refractivity contribution < 1.29 is 9.21 Å². The second-order valence-electron chi connectivity index (χ2n) is 3.89. The number of nitrogens with zero attached hydrogens (tertiary/aromatic N) is 2. The van der Waals surface area contributed by atoms with Gasteiger partial charge in [-0.15, -0.1) is 0 Å². The monoisotopic (exact) mass is 234 g/mol. The van der Waals surface area contributed by atoms with Crippen LogP contribution in [0.15, 0.2) is 29.0 Å². The Bertz CT molecular complexity index is 535. The van der Waals surface area contributed by atoms with E-state index in [1.165, 1.54) is 13.4 Å². The van der Waals surface area contributed by atoms with E-state index in [-0.39, 0.29) is 12.3 Å². The highest BCUT2D eigenvalue weighted by Gasteiger charge is 2.14. The number of fused-ring (bicyclic) bond motifs is 1. The van der Waals surface area contributed by atoms with E-state index < -0.39 is 6.04 Å². The molecule has 6 heteroatoms. The number of benzene rings is 1. The van der Waals surface area contributed by atoms with E-state index in [0.29, 0.717) is 5.58 Å². The van der Waals surface area contributed by atoms with E-state index in [0.717, 1.165) is 16.1 Å². The van der Waals surface area contributed by atoms with Crippen LogP contribution >= 0.6 is 0 Å². The summed E-state index contributed by atoms with van der Waals surface area (Å²) < 4.78 is 5.17. The summed E-state index contributed by atoms with van der Waals surface area (Å²) >= 11 is 0. The van der Waals surface area contributed by atoms with Crippen LogP contribution in [0.25, 0.3) is 11.1 Å². The molecule has 1 atom stereocenters. The molecule has 0 spiro atoms. The van der Waals surface area contributed by atoms with E-state index >= 15 is 0 Å². The molecule has 1 aromatic carbocycles. The number of amides is 1. The molecule has 0 bridgehead atoms. The molecule has 90 valence electrons. The van der Waals surface area contributed by atoms with Crippen molar-refractivity contribution in [2.75, 3.05) is 7.05 Å². The lowest BCUT2D eigenvalue weighted by Crippen LogP contribution is -2.35. The van der Waals surface area contributed by atoms with Gasteiger partial charge in [0.25, 0.3) is 0 Å². The van der Waals surface area contributed by atoms with E-state index in [1.807, 2.05) is 12.1 Å². The highest BCUT2D eigenvalue weighted by Crippen LogP contribution is 2.20. The van der Waals surface area contributed by atoms with Gasteiger partial charge < -0.3 is 10.2 Å². The van der Waals surface area contributed by atoms with Crippen LogP contribution in [0.2, 0.25) is 0 Å². The van der Waals surface area contributed by atoms with Gasteiger partial charge in [-0.1, -0.05) is 6.07 Å². The van der Waals surface area contributed by atoms with Gasteiger partial charge in [-0.3, -0.25) is 9.80 Å². The van der Waals surface area contributed by atoms with Crippen molar-refractivity contribution in [2.45, 2.75) is 12.5 Å². The van der Waals surface area contributed by atoms with Crippen LogP contribution in [-0.2, 0) is 4.79 Å². The first-order valence-corrected chi connectivity index (χ1v) is 5.18. The first kappa shape index (κ1) is 11.6. The van der Waals surface area contributed by atoms with Gasteiger partial charge in [0.2, 0.25) is 5.91 Å². The number of carbonyl (C=O) groups is 1. The molecule has 4 N–H and O–H groups in total. The second-order valence-corrected chi connectivity index (χ2v) is 3.89. The van der Waals surface area contributed by atoms with Crippen LogP contribution in [0.5, 0.6) is 0 Å². The van der Waals surface area contributed by atoms with Crippen molar-refractivity contribution in [3.63, 3.8) is 0 Å². The van der Waals surface area contributed by atoms with Gasteiger partial charge in [0, 0.05) is 19.5 Å². The number of hydrogen-bond acceptors (Lipinski definition) is 5. The Kier molecular flexibility index (Phi) is 3.08. The summed E-state index contributed by atoms with van der Waals surface area (Å²) in [6.07, 6.45) is 1.53. The van der Waals surface area contributed by atoms with E-state index in [2.05, 4.69) is 4.98 Å². The molecule has 1 heterocycles. The summed E-state index contributed by atoms with van der Waals surface area (Å²) in [5.41, 5.74) is 8.18. The smallest absolute Gasteiger partial charge is 0.238 e. The van der Waals surface area contributed by atoms with E-state index in [4.69, 9.17) is 16.0 Å². The molecule has 0 saturated heterocycles. The lowest BCUT2D eigenvalue weighted by molar-refractivity contribution is -0.130. The lowest BCUT2D eigenvalue weighted by atomic mass is 10.0. The Morgan fingerprint density at radius 2 is 2.35 bits per heavy atom. The third kappa shape index (κ3) is 2.43. The highest BCUT2D eigenvalue weighted by molar-refractivity contribution is 5.77. The quantitative estimate of drug-likeness (QED) is 0.459. The van der Waals surface area contributed by atoms with Gasteiger partial charge in [-0.05, 0) is 17.7 Å². The van der Waals surface area contributed by atoms with Crippen LogP contribution in [0.3, 0.4) is 0 Å². The fourth-order valence-electron chi connectivity index (χ4n) is 1.55. The van der Waals surface area contributed by atoms with Gasteiger partial charge in [-0.25, -0.2) is 10.8 Å². The molecule has 2 rings (SSSR count). The zero-order valence-electron chi connectivity index (χ0n) is 9.46. The van der Waals surface area contributed by atoms with Crippen LogP contribution in [0, 0.1) is 0 Å². The Morgan fingerprint density at radius 1 is 1.59 bits per heavy atom. The summed E-state index contributed by atoms with van der Waals surface area (Å²) in [7, 11) is 1.49. The molecule has 0 radical (unpaired) electrons. The number of nitrogens with two attached hydrogens (primary N) is 2. The maximum absolute atomic E-state index is 11.4. The molecule has 0 saturated carbocycles. The number of carbonyl (C=O) groups excluding carboxylic acids is 1. The Morgan fingerprint density at radius 3 is 3.06 bits per heavy atom.